The first-order valence-electron chi connectivity index (χ1n) is 9.71. The molecule has 5 rings (SSSR count). The highest BCUT2D eigenvalue weighted by molar-refractivity contribution is 6.09. The molecule has 1 saturated heterocycles. The first-order valence-corrected chi connectivity index (χ1v) is 9.71. The minimum Gasteiger partial charge on any atom is -0.497 e. The number of ether oxygens (including phenoxy) is 1. The zero-order chi connectivity index (χ0) is 22.5. The lowest BCUT2D eigenvalue weighted by Gasteiger charge is -2.20. The quantitative estimate of drug-likeness (QED) is 0.251. The minimum atomic E-state index is -1.58. The summed E-state index contributed by atoms with van der Waals surface area (Å²) in [5.74, 6) is 5.78. The van der Waals surface area contributed by atoms with Crippen LogP contribution in [-0.4, -0.2) is 44.4 Å². The molecule has 4 aromatic rings. The Bertz CT molecular complexity index is 1470. The molecular formula is C23H18N4O5. The zero-order valence-corrected chi connectivity index (χ0v) is 16.9. The Morgan fingerprint density at radius 1 is 1.09 bits per heavy atom. The van der Waals surface area contributed by atoms with E-state index in [0.717, 1.165) is 10.8 Å². The third kappa shape index (κ3) is 3.06. The second kappa shape index (κ2) is 6.99. The molecule has 160 valence electrons. The average Bonchev–Trinajstić information content (AvgIpc) is 3.40. The number of aromatic hydroxyl groups is 2. The number of hydrogen-bond donors (Lipinski definition) is 5. The van der Waals surface area contributed by atoms with E-state index >= 15 is 0 Å². The molecule has 2 aromatic heterocycles. The van der Waals surface area contributed by atoms with Crippen LogP contribution in [0, 0.1) is 11.8 Å². The topological polar surface area (TPSA) is 129 Å². The second-order valence-corrected chi connectivity index (χ2v) is 7.54. The molecule has 0 unspecified atom stereocenters. The van der Waals surface area contributed by atoms with Crippen LogP contribution in [0.5, 0.6) is 17.5 Å². The molecule has 9 nitrogen and oxygen atoms in total. The summed E-state index contributed by atoms with van der Waals surface area (Å²) in [6, 6.07) is 9.76. The van der Waals surface area contributed by atoms with E-state index in [-0.39, 0.29) is 18.3 Å². The summed E-state index contributed by atoms with van der Waals surface area (Å²) in [5, 5.41) is 28.0. The molecule has 0 saturated carbocycles. The van der Waals surface area contributed by atoms with E-state index in [0.29, 0.717) is 22.1 Å². The van der Waals surface area contributed by atoms with Crippen LogP contribution in [0.4, 0.5) is 4.79 Å². The Labute approximate surface area is 181 Å². The van der Waals surface area contributed by atoms with Gasteiger partial charge in [-0.1, -0.05) is 11.8 Å². The van der Waals surface area contributed by atoms with Gasteiger partial charge in [0.25, 0.3) is 5.91 Å². The highest BCUT2D eigenvalue weighted by Gasteiger charge is 2.46. The molecule has 1 fully saturated rings. The predicted molar refractivity (Wildman–Crippen MR) is 116 cm³/mol. The van der Waals surface area contributed by atoms with E-state index in [2.05, 4.69) is 27.5 Å². The Morgan fingerprint density at radius 3 is 2.69 bits per heavy atom. The number of carbonyl (C=O) groups is 2. The maximum atomic E-state index is 12.7. The maximum Gasteiger partial charge on any atom is 0.323 e. The van der Waals surface area contributed by atoms with E-state index in [4.69, 9.17) is 4.74 Å². The van der Waals surface area contributed by atoms with E-state index in [1.807, 2.05) is 0 Å². The number of carbonyl (C=O) groups excluding carboxylic acids is 2. The van der Waals surface area contributed by atoms with Crippen molar-refractivity contribution in [3.8, 4) is 29.4 Å². The summed E-state index contributed by atoms with van der Waals surface area (Å²) >= 11 is 0. The Morgan fingerprint density at radius 2 is 1.94 bits per heavy atom. The summed E-state index contributed by atoms with van der Waals surface area (Å²) in [5.41, 5.74) is -0.986. The zero-order valence-electron chi connectivity index (χ0n) is 16.9. The molecule has 2 aromatic carbocycles. The van der Waals surface area contributed by atoms with E-state index < -0.39 is 17.5 Å². The van der Waals surface area contributed by atoms with Crippen molar-refractivity contribution < 1.29 is 24.5 Å². The van der Waals surface area contributed by atoms with E-state index in [9.17, 15) is 19.8 Å². The van der Waals surface area contributed by atoms with Crippen LogP contribution in [0.1, 0.15) is 5.56 Å². The van der Waals surface area contributed by atoms with Crippen molar-refractivity contribution in [1.82, 2.24) is 20.2 Å². The Balaban J connectivity index is 1.55. The molecule has 3 heterocycles. The van der Waals surface area contributed by atoms with Gasteiger partial charge in [0, 0.05) is 39.5 Å². The number of amides is 3. The second-order valence-electron chi connectivity index (χ2n) is 7.54. The molecule has 0 aliphatic carbocycles. The van der Waals surface area contributed by atoms with Crippen LogP contribution in [0.3, 0.4) is 0 Å². The summed E-state index contributed by atoms with van der Waals surface area (Å²) in [6.45, 7) is -0.104. The molecular weight excluding hydrogens is 412 g/mol. The number of urea groups is 1. The standard InChI is InChI=1S/C23H18N4O5/c1-32-16-4-3-14-11-27(20(29)18(14)9-16)12-23(21(30)25-22(31)26-23)7-6-13-2-5-17-15(8-13)10-24-19(17)28/h2-5,8-11,24,28-29H,12H2,1H3,(H2,25,26,30,31)/t23-/m1/s1. The lowest BCUT2D eigenvalue weighted by molar-refractivity contribution is -0.122. The Kier molecular flexibility index (Phi) is 4.23. The van der Waals surface area contributed by atoms with Crippen LogP contribution in [0.2, 0.25) is 0 Å². The van der Waals surface area contributed by atoms with Crippen LogP contribution in [-0.2, 0) is 11.3 Å². The largest absolute Gasteiger partial charge is 0.497 e. The molecule has 9 heteroatoms. The van der Waals surface area contributed by atoms with Crippen molar-refractivity contribution in [1.29, 1.82) is 0 Å². The molecule has 1 atom stereocenters. The van der Waals surface area contributed by atoms with E-state index in [1.165, 1.54) is 11.7 Å². The minimum absolute atomic E-state index is 0.0604. The van der Waals surface area contributed by atoms with Gasteiger partial charge in [-0.05, 0) is 36.4 Å². The highest BCUT2D eigenvalue weighted by atomic mass is 16.5. The van der Waals surface area contributed by atoms with Crippen molar-refractivity contribution in [3.63, 3.8) is 0 Å². The van der Waals surface area contributed by atoms with Gasteiger partial charge in [-0.3, -0.25) is 10.1 Å². The molecule has 0 spiro atoms. The van der Waals surface area contributed by atoms with Crippen molar-refractivity contribution >= 4 is 33.5 Å². The summed E-state index contributed by atoms with van der Waals surface area (Å²) in [4.78, 5) is 27.4. The number of H-pyrrole nitrogens is 1. The number of hydrogen-bond acceptors (Lipinski definition) is 5. The fraction of sp³-hybridized carbons (Fsp3) is 0.130. The highest BCUT2D eigenvalue weighted by Crippen LogP contribution is 2.32. The van der Waals surface area contributed by atoms with Gasteiger partial charge in [0.2, 0.25) is 5.54 Å². The van der Waals surface area contributed by atoms with Crippen LogP contribution < -0.4 is 15.4 Å². The third-order valence-corrected chi connectivity index (χ3v) is 5.51. The molecule has 0 radical (unpaired) electrons. The molecule has 3 amide bonds. The summed E-state index contributed by atoms with van der Waals surface area (Å²) < 4.78 is 6.68. The predicted octanol–water partition coefficient (Wildman–Crippen LogP) is 2.17. The number of nitrogens with zero attached hydrogens (tertiary/aromatic N) is 1. The molecule has 1 aliphatic heterocycles. The van der Waals surface area contributed by atoms with Gasteiger partial charge in [-0.25, -0.2) is 4.79 Å². The fourth-order valence-corrected chi connectivity index (χ4v) is 3.84. The van der Waals surface area contributed by atoms with Gasteiger partial charge in [0.1, 0.15) is 5.75 Å². The lowest BCUT2D eigenvalue weighted by atomic mass is 9.99. The van der Waals surface area contributed by atoms with Gasteiger partial charge in [-0.15, -0.1) is 0 Å². The van der Waals surface area contributed by atoms with Crippen molar-refractivity contribution in [2.24, 2.45) is 0 Å². The number of nitrogens with one attached hydrogen (secondary N) is 3. The number of aromatic nitrogens is 2. The van der Waals surface area contributed by atoms with Gasteiger partial charge >= 0.3 is 6.03 Å². The van der Waals surface area contributed by atoms with Gasteiger partial charge in [0.15, 0.2) is 11.8 Å². The normalized spacial score (nSPS) is 17.8. The van der Waals surface area contributed by atoms with Crippen LogP contribution in [0.15, 0.2) is 48.8 Å². The number of methoxy groups -OCH3 is 1. The molecule has 32 heavy (non-hydrogen) atoms. The fourth-order valence-electron chi connectivity index (χ4n) is 3.84. The monoisotopic (exact) mass is 430 g/mol. The summed E-state index contributed by atoms with van der Waals surface area (Å²) in [7, 11) is 1.53. The Hall–Kier alpha value is -4.58. The van der Waals surface area contributed by atoms with Gasteiger partial charge in [-0.2, -0.15) is 0 Å². The average molecular weight is 430 g/mol. The lowest BCUT2D eigenvalue weighted by Crippen LogP contribution is -2.49. The third-order valence-electron chi connectivity index (χ3n) is 5.51. The molecule has 0 bridgehead atoms. The van der Waals surface area contributed by atoms with Gasteiger partial charge in [0.05, 0.1) is 13.7 Å². The van der Waals surface area contributed by atoms with Crippen molar-refractivity contribution in [3.05, 3.63) is 54.4 Å². The number of fused-ring (bicyclic) bond motifs is 2. The SMILES string of the molecule is COc1ccc2cn(C[C@@]3(C#Cc4ccc5c(O)[nH]cc5c4)NC(=O)NC3=O)c(O)c2c1. The van der Waals surface area contributed by atoms with Gasteiger partial charge < -0.3 is 29.8 Å². The molecule has 5 N–H and O–H groups in total. The van der Waals surface area contributed by atoms with Crippen LogP contribution >= 0.6 is 0 Å². The number of imide groups is 1. The first kappa shape index (κ1) is 19.4. The summed E-state index contributed by atoms with van der Waals surface area (Å²) in [6.07, 6.45) is 3.33. The smallest absolute Gasteiger partial charge is 0.323 e. The van der Waals surface area contributed by atoms with Crippen molar-refractivity contribution in [2.45, 2.75) is 12.1 Å². The number of rotatable bonds is 3. The van der Waals surface area contributed by atoms with E-state index in [1.54, 1.807) is 48.8 Å². The maximum absolute atomic E-state index is 12.7. The van der Waals surface area contributed by atoms with Crippen LogP contribution in [0.25, 0.3) is 21.5 Å². The number of aromatic amines is 1. The van der Waals surface area contributed by atoms with Crippen molar-refractivity contribution in [2.75, 3.05) is 7.11 Å². The molecule has 1 aliphatic rings. The number of benzene rings is 2. The first-order chi connectivity index (χ1) is 15.4.